The topological polar surface area (TPSA) is 12.0 Å². The molecular formula is C17H25NS. The minimum Gasteiger partial charge on any atom is -0.314 e. The maximum atomic E-state index is 3.79. The molecule has 1 saturated heterocycles. The molecule has 104 valence electrons. The Bertz CT molecular complexity index is 388. The molecule has 2 aliphatic rings. The highest BCUT2D eigenvalue weighted by Crippen LogP contribution is 2.37. The molecule has 1 aliphatic heterocycles. The SMILES string of the molecule is Cc1ccc(C2CC(NCC3CCSCC3)C2)cc1. The predicted molar refractivity (Wildman–Crippen MR) is 85.0 cm³/mol. The quantitative estimate of drug-likeness (QED) is 0.892. The minimum atomic E-state index is 0.779. The second kappa shape index (κ2) is 6.32. The summed E-state index contributed by atoms with van der Waals surface area (Å²) in [4.78, 5) is 0. The highest BCUT2D eigenvalue weighted by molar-refractivity contribution is 7.99. The van der Waals surface area contributed by atoms with E-state index in [0.717, 1.165) is 17.9 Å². The van der Waals surface area contributed by atoms with Crippen LogP contribution in [0.2, 0.25) is 0 Å². The third-order valence-corrected chi connectivity index (χ3v) is 5.77. The zero-order chi connectivity index (χ0) is 13.1. The number of thioether (sulfide) groups is 1. The van der Waals surface area contributed by atoms with Crippen LogP contribution in [0.25, 0.3) is 0 Å². The van der Waals surface area contributed by atoms with Crippen molar-refractivity contribution in [1.82, 2.24) is 5.32 Å². The van der Waals surface area contributed by atoms with Crippen molar-refractivity contribution in [3.8, 4) is 0 Å². The van der Waals surface area contributed by atoms with Crippen LogP contribution >= 0.6 is 11.8 Å². The smallest absolute Gasteiger partial charge is 0.00788 e. The van der Waals surface area contributed by atoms with Crippen molar-refractivity contribution in [2.45, 2.75) is 44.6 Å². The number of nitrogens with one attached hydrogen (secondary N) is 1. The molecule has 1 aromatic carbocycles. The zero-order valence-electron chi connectivity index (χ0n) is 11.9. The van der Waals surface area contributed by atoms with E-state index in [0.29, 0.717) is 0 Å². The Morgan fingerprint density at radius 1 is 1.11 bits per heavy atom. The molecular weight excluding hydrogens is 250 g/mol. The monoisotopic (exact) mass is 275 g/mol. The molecule has 1 aliphatic carbocycles. The summed E-state index contributed by atoms with van der Waals surface area (Å²) in [6, 6.07) is 9.90. The first kappa shape index (κ1) is 13.5. The van der Waals surface area contributed by atoms with Crippen LogP contribution in [0.3, 0.4) is 0 Å². The lowest BCUT2D eigenvalue weighted by atomic mass is 9.75. The first-order valence-electron chi connectivity index (χ1n) is 7.69. The van der Waals surface area contributed by atoms with Gasteiger partial charge < -0.3 is 5.32 Å². The molecule has 0 amide bonds. The summed E-state index contributed by atoms with van der Waals surface area (Å²) in [7, 11) is 0. The van der Waals surface area contributed by atoms with E-state index in [9.17, 15) is 0 Å². The lowest BCUT2D eigenvalue weighted by Crippen LogP contribution is -2.42. The number of hydrogen-bond acceptors (Lipinski definition) is 2. The molecule has 1 N–H and O–H groups in total. The van der Waals surface area contributed by atoms with Crippen LogP contribution in [-0.2, 0) is 0 Å². The van der Waals surface area contributed by atoms with Gasteiger partial charge in [-0.25, -0.2) is 0 Å². The Morgan fingerprint density at radius 3 is 2.47 bits per heavy atom. The van der Waals surface area contributed by atoms with Crippen LogP contribution in [0, 0.1) is 12.8 Å². The second-order valence-corrected chi connectivity index (χ2v) is 7.46. The first-order chi connectivity index (χ1) is 9.31. The van der Waals surface area contributed by atoms with E-state index in [1.54, 1.807) is 0 Å². The van der Waals surface area contributed by atoms with E-state index < -0.39 is 0 Å². The van der Waals surface area contributed by atoms with Gasteiger partial charge in [-0.1, -0.05) is 29.8 Å². The van der Waals surface area contributed by atoms with Crippen LogP contribution in [0.15, 0.2) is 24.3 Å². The van der Waals surface area contributed by atoms with Crippen molar-refractivity contribution in [2.75, 3.05) is 18.1 Å². The van der Waals surface area contributed by atoms with Crippen molar-refractivity contribution >= 4 is 11.8 Å². The third kappa shape index (κ3) is 3.55. The molecule has 0 bridgehead atoms. The summed E-state index contributed by atoms with van der Waals surface area (Å²) in [5.41, 5.74) is 2.91. The number of hydrogen-bond donors (Lipinski definition) is 1. The van der Waals surface area contributed by atoms with Crippen molar-refractivity contribution in [3.63, 3.8) is 0 Å². The molecule has 0 atom stereocenters. The standard InChI is InChI=1S/C17H25NS/c1-13-2-4-15(5-3-13)16-10-17(11-16)18-12-14-6-8-19-9-7-14/h2-5,14,16-18H,6-12H2,1H3. The molecule has 0 radical (unpaired) electrons. The fourth-order valence-corrected chi connectivity index (χ4v) is 4.38. The molecule has 0 aromatic heterocycles. The van der Waals surface area contributed by atoms with E-state index in [2.05, 4.69) is 48.3 Å². The van der Waals surface area contributed by atoms with Gasteiger partial charge in [0, 0.05) is 6.04 Å². The van der Waals surface area contributed by atoms with Gasteiger partial charge in [-0.2, -0.15) is 11.8 Å². The third-order valence-electron chi connectivity index (χ3n) is 4.72. The Morgan fingerprint density at radius 2 is 1.79 bits per heavy atom. The van der Waals surface area contributed by atoms with Gasteiger partial charge in [0.15, 0.2) is 0 Å². The summed E-state index contributed by atoms with van der Waals surface area (Å²) in [5.74, 6) is 4.51. The molecule has 1 nitrogen and oxygen atoms in total. The zero-order valence-corrected chi connectivity index (χ0v) is 12.7. The van der Waals surface area contributed by atoms with E-state index in [1.165, 1.54) is 54.9 Å². The molecule has 1 saturated carbocycles. The molecule has 1 aromatic rings. The number of rotatable bonds is 4. The first-order valence-corrected chi connectivity index (χ1v) is 8.84. The minimum absolute atomic E-state index is 0.779. The van der Waals surface area contributed by atoms with Crippen LogP contribution < -0.4 is 5.32 Å². The molecule has 3 rings (SSSR count). The Hall–Kier alpha value is -0.470. The van der Waals surface area contributed by atoms with Crippen molar-refractivity contribution in [3.05, 3.63) is 35.4 Å². The normalized spacial score (nSPS) is 28.1. The Labute approximate surface area is 121 Å². The Kier molecular flexibility index (Phi) is 4.49. The molecule has 0 unspecified atom stereocenters. The maximum absolute atomic E-state index is 3.79. The van der Waals surface area contributed by atoms with Gasteiger partial charge in [0.05, 0.1) is 0 Å². The predicted octanol–water partition coefficient (Wildman–Crippen LogP) is 3.97. The van der Waals surface area contributed by atoms with Gasteiger partial charge in [0.2, 0.25) is 0 Å². The molecule has 2 heteroatoms. The molecule has 2 fully saturated rings. The summed E-state index contributed by atoms with van der Waals surface area (Å²) in [6.07, 6.45) is 5.52. The highest BCUT2D eigenvalue weighted by Gasteiger charge is 2.30. The van der Waals surface area contributed by atoms with Crippen molar-refractivity contribution in [1.29, 1.82) is 0 Å². The van der Waals surface area contributed by atoms with E-state index in [1.807, 2.05) is 0 Å². The van der Waals surface area contributed by atoms with Crippen LogP contribution in [-0.4, -0.2) is 24.1 Å². The average molecular weight is 275 g/mol. The van der Waals surface area contributed by atoms with Crippen LogP contribution in [0.4, 0.5) is 0 Å². The van der Waals surface area contributed by atoms with Crippen molar-refractivity contribution < 1.29 is 0 Å². The summed E-state index contributed by atoms with van der Waals surface area (Å²) in [6.45, 7) is 3.42. The van der Waals surface area contributed by atoms with Gasteiger partial charge in [-0.3, -0.25) is 0 Å². The van der Waals surface area contributed by atoms with Crippen LogP contribution in [0.1, 0.15) is 42.7 Å². The fourth-order valence-electron chi connectivity index (χ4n) is 3.18. The fraction of sp³-hybridized carbons (Fsp3) is 0.647. The number of benzene rings is 1. The lowest BCUT2D eigenvalue weighted by molar-refractivity contribution is 0.272. The maximum Gasteiger partial charge on any atom is 0.00788 e. The Balaban J connectivity index is 1.39. The second-order valence-electron chi connectivity index (χ2n) is 6.24. The van der Waals surface area contributed by atoms with Crippen molar-refractivity contribution in [2.24, 2.45) is 5.92 Å². The van der Waals surface area contributed by atoms with Crippen LogP contribution in [0.5, 0.6) is 0 Å². The largest absolute Gasteiger partial charge is 0.314 e. The van der Waals surface area contributed by atoms with Gasteiger partial charge in [-0.15, -0.1) is 0 Å². The van der Waals surface area contributed by atoms with E-state index in [-0.39, 0.29) is 0 Å². The number of aryl methyl sites for hydroxylation is 1. The van der Waals surface area contributed by atoms with E-state index in [4.69, 9.17) is 0 Å². The lowest BCUT2D eigenvalue weighted by Gasteiger charge is -2.37. The van der Waals surface area contributed by atoms with E-state index >= 15 is 0 Å². The summed E-state index contributed by atoms with van der Waals surface area (Å²) < 4.78 is 0. The summed E-state index contributed by atoms with van der Waals surface area (Å²) >= 11 is 2.12. The highest BCUT2D eigenvalue weighted by atomic mass is 32.2. The molecule has 0 spiro atoms. The van der Waals surface area contributed by atoms with Gasteiger partial charge in [0.1, 0.15) is 0 Å². The molecule has 1 heterocycles. The van der Waals surface area contributed by atoms with Gasteiger partial charge in [-0.05, 0) is 68.1 Å². The van der Waals surface area contributed by atoms with Gasteiger partial charge >= 0.3 is 0 Å². The van der Waals surface area contributed by atoms with Gasteiger partial charge in [0.25, 0.3) is 0 Å². The average Bonchev–Trinajstić information content (AvgIpc) is 2.40. The molecule has 19 heavy (non-hydrogen) atoms. The summed E-state index contributed by atoms with van der Waals surface area (Å²) in [5, 5.41) is 3.79.